The lowest BCUT2D eigenvalue weighted by molar-refractivity contribution is 0.270. The molecule has 0 spiro atoms. The highest BCUT2D eigenvalue weighted by atomic mass is 15.3. The van der Waals surface area contributed by atoms with Gasteiger partial charge in [0, 0.05) is 12.2 Å². The Labute approximate surface area is 117 Å². The van der Waals surface area contributed by atoms with Crippen LogP contribution in [0.15, 0.2) is 12.3 Å². The molecule has 2 unspecified atom stereocenters. The van der Waals surface area contributed by atoms with Crippen molar-refractivity contribution in [1.29, 1.82) is 0 Å². The molecule has 3 heteroatoms. The Morgan fingerprint density at radius 1 is 1.32 bits per heavy atom. The Hall–Kier alpha value is -0.830. The molecule has 3 nitrogen and oxygen atoms in total. The van der Waals surface area contributed by atoms with Crippen molar-refractivity contribution < 1.29 is 0 Å². The van der Waals surface area contributed by atoms with Crippen LogP contribution in [0.4, 0.5) is 0 Å². The number of nitrogens with zero attached hydrogens (tertiary/aromatic N) is 2. The van der Waals surface area contributed by atoms with E-state index in [1.807, 2.05) is 0 Å². The number of hydrogen-bond acceptors (Lipinski definition) is 2. The molecule has 0 aromatic carbocycles. The summed E-state index contributed by atoms with van der Waals surface area (Å²) in [5.74, 6) is 0.767. The van der Waals surface area contributed by atoms with E-state index in [1.54, 1.807) is 0 Å². The minimum absolute atomic E-state index is 0.570. The number of aromatic nitrogens is 2. The average molecular weight is 263 g/mol. The highest BCUT2D eigenvalue weighted by molar-refractivity contribution is 5.03. The molecule has 0 radical (unpaired) electrons. The lowest BCUT2D eigenvalue weighted by Crippen LogP contribution is -2.37. The first-order chi connectivity index (χ1) is 9.28. The quantitative estimate of drug-likeness (QED) is 0.850. The molecule has 1 saturated carbocycles. The molecule has 0 amide bonds. The second-order valence-electron chi connectivity index (χ2n) is 5.90. The SMILES string of the molecule is CCC(CC)n1ccc(CC2CCCCC2NC)n1. The van der Waals surface area contributed by atoms with Gasteiger partial charge in [0.15, 0.2) is 0 Å². The fraction of sp³-hybridized carbons (Fsp3) is 0.812. The summed E-state index contributed by atoms with van der Waals surface area (Å²) in [6.07, 6.45) is 11.1. The van der Waals surface area contributed by atoms with Crippen molar-refractivity contribution in [2.24, 2.45) is 5.92 Å². The van der Waals surface area contributed by atoms with Crippen molar-refractivity contribution in [3.8, 4) is 0 Å². The Bertz CT molecular complexity index is 368. The van der Waals surface area contributed by atoms with Crippen LogP contribution in [0, 0.1) is 5.92 Å². The molecule has 1 aliphatic carbocycles. The predicted molar refractivity (Wildman–Crippen MR) is 80.4 cm³/mol. The molecule has 2 atom stereocenters. The molecule has 1 aromatic rings. The molecular weight excluding hydrogens is 234 g/mol. The van der Waals surface area contributed by atoms with Gasteiger partial charge in [0.05, 0.1) is 11.7 Å². The number of rotatable bonds is 6. The van der Waals surface area contributed by atoms with Gasteiger partial charge in [-0.3, -0.25) is 4.68 Å². The molecule has 2 rings (SSSR count). The smallest absolute Gasteiger partial charge is 0.0628 e. The lowest BCUT2D eigenvalue weighted by atomic mass is 9.82. The third-order valence-corrected chi connectivity index (χ3v) is 4.73. The van der Waals surface area contributed by atoms with E-state index in [1.165, 1.54) is 44.2 Å². The summed E-state index contributed by atoms with van der Waals surface area (Å²) in [7, 11) is 2.10. The van der Waals surface area contributed by atoms with Gasteiger partial charge < -0.3 is 5.32 Å². The van der Waals surface area contributed by atoms with Gasteiger partial charge in [-0.2, -0.15) is 5.10 Å². The largest absolute Gasteiger partial charge is 0.317 e. The van der Waals surface area contributed by atoms with Gasteiger partial charge in [0.25, 0.3) is 0 Å². The number of nitrogens with one attached hydrogen (secondary N) is 1. The second-order valence-corrected chi connectivity index (χ2v) is 5.90. The van der Waals surface area contributed by atoms with Crippen LogP contribution in [-0.2, 0) is 6.42 Å². The molecule has 1 heterocycles. The van der Waals surface area contributed by atoms with Gasteiger partial charge in [-0.25, -0.2) is 0 Å². The molecule has 0 aliphatic heterocycles. The van der Waals surface area contributed by atoms with Crippen LogP contribution in [-0.4, -0.2) is 22.9 Å². The van der Waals surface area contributed by atoms with Crippen molar-refractivity contribution in [3.05, 3.63) is 18.0 Å². The molecule has 1 aliphatic rings. The van der Waals surface area contributed by atoms with E-state index in [9.17, 15) is 0 Å². The van der Waals surface area contributed by atoms with E-state index in [0.29, 0.717) is 12.1 Å². The third-order valence-electron chi connectivity index (χ3n) is 4.73. The topological polar surface area (TPSA) is 29.9 Å². The maximum atomic E-state index is 4.80. The molecule has 0 saturated heterocycles. The summed E-state index contributed by atoms with van der Waals surface area (Å²) < 4.78 is 2.17. The van der Waals surface area contributed by atoms with Crippen LogP contribution in [0.3, 0.4) is 0 Å². The van der Waals surface area contributed by atoms with Crippen molar-refractivity contribution in [2.75, 3.05) is 7.05 Å². The van der Waals surface area contributed by atoms with Gasteiger partial charge in [-0.15, -0.1) is 0 Å². The molecule has 1 aromatic heterocycles. The van der Waals surface area contributed by atoms with E-state index in [2.05, 4.69) is 43.2 Å². The van der Waals surface area contributed by atoms with E-state index < -0.39 is 0 Å². The fourth-order valence-electron chi connectivity index (χ4n) is 3.45. The van der Waals surface area contributed by atoms with E-state index in [-0.39, 0.29) is 0 Å². The highest BCUT2D eigenvalue weighted by Gasteiger charge is 2.24. The van der Waals surface area contributed by atoms with E-state index >= 15 is 0 Å². The van der Waals surface area contributed by atoms with Crippen molar-refractivity contribution in [1.82, 2.24) is 15.1 Å². The van der Waals surface area contributed by atoms with Gasteiger partial charge in [-0.05, 0) is 51.1 Å². The zero-order valence-electron chi connectivity index (χ0n) is 12.7. The van der Waals surface area contributed by atoms with E-state index in [4.69, 9.17) is 5.10 Å². The highest BCUT2D eigenvalue weighted by Crippen LogP contribution is 2.27. The monoisotopic (exact) mass is 263 g/mol. The van der Waals surface area contributed by atoms with Crippen molar-refractivity contribution in [3.63, 3.8) is 0 Å². The van der Waals surface area contributed by atoms with Gasteiger partial charge in [-0.1, -0.05) is 26.7 Å². The van der Waals surface area contributed by atoms with Crippen molar-refractivity contribution in [2.45, 2.75) is 70.9 Å². The minimum atomic E-state index is 0.570. The average Bonchev–Trinajstić information content (AvgIpc) is 2.89. The lowest BCUT2D eigenvalue weighted by Gasteiger charge is -2.30. The first-order valence-electron chi connectivity index (χ1n) is 7.99. The summed E-state index contributed by atoms with van der Waals surface area (Å²) in [6.45, 7) is 4.49. The van der Waals surface area contributed by atoms with Crippen LogP contribution < -0.4 is 5.32 Å². The maximum Gasteiger partial charge on any atom is 0.0628 e. The zero-order valence-corrected chi connectivity index (χ0v) is 12.7. The van der Waals surface area contributed by atoms with Crippen LogP contribution in [0.2, 0.25) is 0 Å². The summed E-state index contributed by atoms with van der Waals surface area (Å²) in [6, 6.07) is 3.48. The van der Waals surface area contributed by atoms with Crippen LogP contribution in [0.1, 0.15) is 64.1 Å². The van der Waals surface area contributed by atoms with Gasteiger partial charge in [0.2, 0.25) is 0 Å². The molecule has 19 heavy (non-hydrogen) atoms. The Kier molecular flexibility index (Phi) is 5.44. The summed E-state index contributed by atoms with van der Waals surface area (Å²) in [5.41, 5.74) is 1.28. The fourth-order valence-corrected chi connectivity index (χ4v) is 3.45. The van der Waals surface area contributed by atoms with Crippen LogP contribution in [0.5, 0.6) is 0 Å². The number of hydrogen-bond donors (Lipinski definition) is 1. The van der Waals surface area contributed by atoms with Crippen molar-refractivity contribution >= 4 is 0 Å². The van der Waals surface area contributed by atoms with Gasteiger partial charge >= 0.3 is 0 Å². The summed E-state index contributed by atoms with van der Waals surface area (Å²) in [4.78, 5) is 0. The van der Waals surface area contributed by atoms with Gasteiger partial charge in [0.1, 0.15) is 0 Å². The van der Waals surface area contributed by atoms with Crippen LogP contribution >= 0.6 is 0 Å². The van der Waals surface area contributed by atoms with Crippen LogP contribution in [0.25, 0.3) is 0 Å². The molecule has 1 N–H and O–H groups in total. The van der Waals surface area contributed by atoms with E-state index in [0.717, 1.165) is 12.3 Å². The predicted octanol–water partition coefficient (Wildman–Crippen LogP) is 3.56. The molecule has 108 valence electrons. The first kappa shape index (κ1) is 14.6. The zero-order chi connectivity index (χ0) is 13.7. The Morgan fingerprint density at radius 2 is 2.05 bits per heavy atom. The molecular formula is C16H29N3. The second kappa shape index (κ2) is 7.09. The standard InChI is InChI=1S/C16H29N3/c1-4-15(5-2)19-11-10-14(18-19)12-13-8-6-7-9-16(13)17-3/h10-11,13,15-17H,4-9,12H2,1-3H3. The summed E-state index contributed by atoms with van der Waals surface area (Å²) >= 11 is 0. The normalized spacial score (nSPS) is 24.0. The first-order valence-corrected chi connectivity index (χ1v) is 7.99. The molecule has 1 fully saturated rings. The maximum absolute atomic E-state index is 4.80. The minimum Gasteiger partial charge on any atom is -0.317 e. The Morgan fingerprint density at radius 3 is 2.74 bits per heavy atom. The molecule has 0 bridgehead atoms. The third kappa shape index (κ3) is 3.59. The Balaban J connectivity index is 1.98. The summed E-state index contributed by atoms with van der Waals surface area (Å²) in [5, 5.41) is 8.30.